The first-order chi connectivity index (χ1) is 13.7. The van der Waals surface area contributed by atoms with E-state index >= 15 is 0 Å². The molecule has 0 amide bonds. The van der Waals surface area contributed by atoms with Crippen molar-refractivity contribution in [2.75, 3.05) is 0 Å². The molecule has 2 aliphatic rings. The summed E-state index contributed by atoms with van der Waals surface area (Å²) in [5.41, 5.74) is 3.58. The van der Waals surface area contributed by atoms with E-state index in [1.54, 1.807) is 30.9 Å². The quantitative estimate of drug-likeness (QED) is 0.732. The van der Waals surface area contributed by atoms with Crippen molar-refractivity contribution in [3.05, 3.63) is 54.4 Å². The van der Waals surface area contributed by atoms with Gasteiger partial charge in [0.1, 0.15) is 11.4 Å². The summed E-state index contributed by atoms with van der Waals surface area (Å²) in [5, 5.41) is 22.7. The third kappa shape index (κ3) is 3.41. The van der Waals surface area contributed by atoms with E-state index in [0.29, 0.717) is 23.5 Å². The van der Waals surface area contributed by atoms with Gasteiger partial charge in [-0.25, -0.2) is 9.97 Å². The fourth-order valence-electron chi connectivity index (χ4n) is 4.23. The molecule has 7 heteroatoms. The van der Waals surface area contributed by atoms with Crippen LogP contribution in [0.4, 0.5) is 0 Å². The molecule has 0 spiro atoms. The number of rotatable bonds is 3. The highest BCUT2D eigenvalue weighted by molar-refractivity contribution is 5.66. The lowest BCUT2D eigenvalue weighted by molar-refractivity contribution is 0.283. The molecule has 2 unspecified atom stereocenters. The van der Waals surface area contributed by atoms with E-state index in [2.05, 4.69) is 31.6 Å². The number of hydrogen-bond acceptors (Lipinski definition) is 6. The molecule has 2 atom stereocenters. The molecule has 0 radical (unpaired) electrons. The van der Waals surface area contributed by atoms with Gasteiger partial charge in [0.2, 0.25) is 0 Å². The molecule has 0 aliphatic carbocycles. The Labute approximate surface area is 163 Å². The summed E-state index contributed by atoms with van der Waals surface area (Å²) in [6, 6.07) is 6.57. The van der Waals surface area contributed by atoms with Gasteiger partial charge < -0.3 is 15.0 Å². The molecule has 5 rings (SSSR count). The molecule has 2 aromatic heterocycles. The first-order valence-electron chi connectivity index (χ1n) is 9.71. The zero-order valence-electron chi connectivity index (χ0n) is 15.5. The number of imidazole rings is 1. The molecule has 7 nitrogen and oxygen atoms in total. The number of nitrogens with one attached hydrogen (secondary N) is 1. The molecular formula is C21H22N6O. The van der Waals surface area contributed by atoms with Crippen LogP contribution in [0.15, 0.2) is 48.7 Å². The molecule has 2 aliphatic heterocycles. The van der Waals surface area contributed by atoms with Crippen molar-refractivity contribution in [2.45, 2.75) is 44.2 Å². The summed E-state index contributed by atoms with van der Waals surface area (Å²) in [6.07, 6.45) is 15.1. The Kier molecular flexibility index (Phi) is 4.37. The molecule has 2 N–H and O–H groups in total. The number of phenols is 1. The smallest absolute Gasteiger partial charge is 0.185 e. The van der Waals surface area contributed by atoms with Crippen molar-refractivity contribution < 1.29 is 5.11 Å². The summed E-state index contributed by atoms with van der Waals surface area (Å²) in [6.45, 7) is 0. The fourth-order valence-corrected chi connectivity index (χ4v) is 4.23. The highest BCUT2D eigenvalue weighted by atomic mass is 16.3. The fraction of sp³-hybridized carbons (Fsp3) is 0.333. The van der Waals surface area contributed by atoms with Gasteiger partial charge >= 0.3 is 0 Å². The number of nitrogens with zero attached hydrogens (tertiary/aromatic N) is 5. The third-order valence-corrected chi connectivity index (χ3v) is 5.55. The maximum absolute atomic E-state index is 10.4. The van der Waals surface area contributed by atoms with Crippen LogP contribution in [0.5, 0.6) is 5.75 Å². The largest absolute Gasteiger partial charge is 0.507 e. The lowest BCUT2D eigenvalue weighted by Crippen LogP contribution is -2.46. The molecule has 2 saturated heterocycles. The maximum atomic E-state index is 10.4. The summed E-state index contributed by atoms with van der Waals surface area (Å²) in [7, 11) is 0. The molecule has 0 saturated carbocycles. The summed E-state index contributed by atoms with van der Waals surface area (Å²) < 4.78 is 1.83. The van der Waals surface area contributed by atoms with Crippen LogP contribution in [0.25, 0.3) is 23.2 Å². The Morgan fingerprint density at radius 1 is 1.14 bits per heavy atom. The van der Waals surface area contributed by atoms with E-state index in [4.69, 9.17) is 0 Å². The lowest BCUT2D eigenvalue weighted by Gasteiger charge is -2.37. The molecule has 4 heterocycles. The second-order valence-electron chi connectivity index (χ2n) is 7.58. The minimum absolute atomic E-state index is 0.116. The van der Waals surface area contributed by atoms with E-state index in [1.807, 2.05) is 16.8 Å². The van der Waals surface area contributed by atoms with E-state index in [-0.39, 0.29) is 5.75 Å². The van der Waals surface area contributed by atoms with Crippen molar-refractivity contribution >= 4 is 6.08 Å². The standard InChI is InChI=1S/C21H22N6O/c28-20-11-18(27-7-6-22-13-27)4-5-19(20)21-23-12-17(25-26-21)10-14-8-15-2-1-3-16(9-14)24-15/h4-7,10-13,15-16,24,28H,1-3,8-9H2. The molecular weight excluding hydrogens is 352 g/mol. The van der Waals surface area contributed by atoms with Gasteiger partial charge in [-0.2, -0.15) is 0 Å². The highest BCUT2D eigenvalue weighted by Gasteiger charge is 2.27. The predicted molar refractivity (Wildman–Crippen MR) is 106 cm³/mol. The van der Waals surface area contributed by atoms with Gasteiger partial charge in [-0.3, -0.25) is 0 Å². The molecule has 142 valence electrons. The minimum Gasteiger partial charge on any atom is -0.507 e. The third-order valence-electron chi connectivity index (χ3n) is 5.55. The van der Waals surface area contributed by atoms with Crippen LogP contribution in [0.3, 0.4) is 0 Å². The second kappa shape index (κ2) is 7.16. The van der Waals surface area contributed by atoms with Gasteiger partial charge in [-0.05, 0) is 43.9 Å². The van der Waals surface area contributed by atoms with Gasteiger partial charge in [0.15, 0.2) is 5.82 Å². The summed E-state index contributed by atoms with van der Waals surface area (Å²) >= 11 is 0. The zero-order chi connectivity index (χ0) is 18.9. The van der Waals surface area contributed by atoms with Crippen molar-refractivity contribution in [1.29, 1.82) is 0 Å². The number of hydrogen-bond donors (Lipinski definition) is 2. The molecule has 2 fully saturated rings. The Hall–Kier alpha value is -3.06. The van der Waals surface area contributed by atoms with Crippen LogP contribution < -0.4 is 5.32 Å². The van der Waals surface area contributed by atoms with Crippen LogP contribution in [-0.4, -0.2) is 41.9 Å². The monoisotopic (exact) mass is 374 g/mol. The van der Waals surface area contributed by atoms with Crippen LogP contribution >= 0.6 is 0 Å². The van der Waals surface area contributed by atoms with E-state index in [0.717, 1.165) is 24.2 Å². The van der Waals surface area contributed by atoms with Crippen molar-refractivity contribution in [3.63, 3.8) is 0 Å². The maximum Gasteiger partial charge on any atom is 0.185 e. The van der Waals surface area contributed by atoms with Gasteiger partial charge in [-0.1, -0.05) is 12.0 Å². The van der Waals surface area contributed by atoms with E-state index < -0.39 is 0 Å². The van der Waals surface area contributed by atoms with Crippen molar-refractivity contribution in [2.24, 2.45) is 0 Å². The molecule has 1 aromatic carbocycles. The summed E-state index contributed by atoms with van der Waals surface area (Å²) in [5.74, 6) is 0.532. The summed E-state index contributed by atoms with van der Waals surface area (Å²) in [4.78, 5) is 8.45. The second-order valence-corrected chi connectivity index (χ2v) is 7.58. The van der Waals surface area contributed by atoms with Crippen LogP contribution in [0.1, 0.15) is 37.8 Å². The van der Waals surface area contributed by atoms with E-state index in [9.17, 15) is 5.11 Å². The number of benzene rings is 1. The highest BCUT2D eigenvalue weighted by Crippen LogP contribution is 2.31. The molecule has 3 aromatic rings. The Morgan fingerprint density at radius 3 is 2.68 bits per heavy atom. The predicted octanol–water partition coefficient (Wildman–Crippen LogP) is 3.12. The van der Waals surface area contributed by atoms with Crippen LogP contribution in [0, 0.1) is 0 Å². The number of aromatic hydroxyl groups is 1. The number of phenolic OH excluding ortho intramolecular Hbond substituents is 1. The molecule has 2 bridgehead atoms. The first-order valence-corrected chi connectivity index (χ1v) is 9.71. The van der Waals surface area contributed by atoms with Gasteiger partial charge in [-0.15, -0.1) is 10.2 Å². The van der Waals surface area contributed by atoms with E-state index in [1.165, 1.54) is 24.8 Å². The normalized spacial score (nSPS) is 21.5. The first kappa shape index (κ1) is 17.1. The Balaban J connectivity index is 1.36. The van der Waals surface area contributed by atoms with Crippen molar-refractivity contribution in [1.82, 2.24) is 30.0 Å². The lowest BCUT2D eigenvalue weighted by atomic mass is 9.83. The van der Waals surface area contributed by atoms with Gasteiger partial charge in [0.05, 0.1) is 23.8 Å². The van der Waals surface area contributed by atoms with Crippen LogP contribution in [0.2, 0.25) is 0 Å². The molecule has 28 heavy (non-hydrogen) atoms. The number of fused-ring (bicyclic) bond motifs is 2. The van der Waals surface area contributed by atoms with Gasteiger partial charge in [0.25, 0.3) is 0 Å². The van der Waals surface area contributed by atoms with Crippen LogP contribution in [-0.2, 0) is 0 Å². The Bertz CT molecular complexity index is 982. The van der Waals surface area contributed by atoms with Crippen molar-refractivity contribution in [3.8, 4) is 22.8 Å². The number of piperidine rings is 2. The number of aromatic nitrogens is 5. The topological polar surface area (TPSA) is 88.8 Å². The Morgan fingerprint density at radius 2 is 2.00 bits per heavy atom. The van der Waals surface area contributed by atoms with Gasteiger partial charge in [0, 0.05) is 30.5 Å². The minimum atomic E-state index is 0.116. The average molecular weight is 374 g/mol. The zero-order valence-corrected chi connectivity index (χ0v) is 15.5. The average Bonchev–Trinajstić information content (AvgIpc) is 3.23. The SMILES string of the molecule is Oc1cc(-n2ccnc2)ccc1-c1ncc(C=C2CC3CCCC(C2)N3)nn1.